The zero-order valence-corrected chi connectivity index (χ0v) is 28.5. The van der Waals surface area contributed by atoms with Gasteiger partial charge in [0.1, 0.15) is 22.0 Å². The Labute approximate surface area is 297 Å². The van der Waals surface area contributed by atoms with Crippen molar-refractivity contribution in [3.8, 4) is 0 Å². The van der Waals surface area contributed by atoms with E-state index in [9.17, 15) is 50.5 Å². The van der Waals surface area contributed by atoms with Gasteiger partial charge in [0.05, 0.1) is 11.4 Å². The molecule has 0 aromatic heterocycles. The molecule has 0 saturated carbocycles. The largest absolute Gasteiger partial charge is 0.508 e. The highest BCUT2D eigenvalue weighted by Crippen LogP contribution is 2.37. The molecule has 15 nitrogen and oxygen atoms in total. The van der Waals surface area contributed by atoms with Crippen molar-refractivity contribution in [3.05, 3.63) is 131 Å². The van der Waals surface area contributed by atoms with Crippen LogP contribution >= 0.6 is 0 Å². The maximum absolute atomic E-state index is 13.2. The van der Waals surface area contributed by atoms with Gasteiger partial charge < -0.3 is 20.8 Å². The Bertz CT molecular complexity index is 2200. The molecule has 4 aliphatic rings. The molecule has 52 heavy (non-hydrogen) atoms. The predicted octanol–water partition coefficient (Wildman–Crippen LogP) is 4.92. The van der Waals surface area contributed by atoms with Crippen LogP contribution in [0.15, 0.2) is 130 Å². The summed E-state index contributed by atoms with van der Waals surface area (Å²) in [4.78, 5) is 47.5. The summed E-state index contributed by atoms with van der Waals surface area (Å²) in [7, 11) is -9.21. The highest BCUT2D eigenvalue weighted by Gasteiger charge is 2.41. The van der Waals surface area contributed by atoms with Crippen LogP contribution in [0.1, 0.15) is 33.6 Å². The summed E-state index contributed by atoms with van der Waals surface area (Å²) in [6.45, 7) is 0. The van der Waals surface area contributed by atoms with E-state index >= 15 is 0 Å². The molecule has 4 amide bonds. The minimum atomic E-state index is -4.61. The number of nitrogens with zero attached hydrogens (tertiary/aromatic N) is 2. The Kier molecular flexibility index (Phi) is 9.78. The van der Waals surface area contributed by atoms with E-state index in [4.69, 9.17) is 0 Å². The molecule has 0 aliphatic heterocycles. The summed E-state index contributed by atoms with van der Waals surface area (Å²) in [5.74, 6) is -4.10. The lowest BCUT2D eigenvalue weighted by Crippen LogP contribution is -2.38. The molecule has 17 heteroatoms. The number of hydrogen-bond acceptors (Lipinski definition) is 9. The highest BCUT2D eigenvalue weighted by molar-refractivity contribution is 7.87. The van der Waals surface area contributed by atoms with E-state index in [1.54, 1.807) is 12.2 Å². The molecule has 2 aromatic rings. The van der Waals surface area contributed by atoms with Crippen LogP contribution in [0.5, 0.6) is 0 Å². The molecule has 0 radical (unpaired) electrons. The first-order valence-electron chi connectivity index (χ1n) is 15.6. The fourth-order valence-corrected chi connectivity index (χ4v) is 8.22. The summed E-state index contributed by atoms with van der Waals surface area (Å²) >= 11 is 0. The predicted molar refractivity (Wildman–Crippen MR) is 192 cm³/mol. The number of anilines is 2. The fraction of sp³-hybridized carbons (Fsp3) is 0.171. The van der Waals surface area contributed by atoms with E-state index in [-0.39, 0.29) is 69.4 Å². The maximum atomic E-state index is 13.2. The first-order chi connectivity index (χ1) is 24.6. The van der Waals surface area contributed by atoms with Gasteiger partial charge in [0.25, 0.3) is 32.1 Å². The Hall–Kier alpha value is -5.75. The van der Waals surface area contributed by atoms with Crippen molar-refractivity contribution in [2.24, 2.45) is 21.8 Å². The van der Waals surface area contributed by atoms with E-state index in [2.05, 4.69) is 20.6 Å². The van der Waals surface area contributed by atoms with Crippen LogP contribution in [0.2, 0.25) is 0 Å². The van der Waals surface area contributed by atoms with Gasteiger partial charge in [-0.1, -0.05) is 36.4 Å². The third-order valence-corrected chi connectivity index (χ3v) is 11.0. The number of carbonyl (C=O) groups excluding carboxylic acids is 3. The number of aliphatic hydroxyl groups excluding tert-OH is 2. The Morgan fingerprint density at radius 3 is 1.42 bits per heavy atom. The number of urea groups is 1. The Balaban J connectivity index is 1.16. The number of carbonyl (C=O) groups is 3. The molecule has 0 saturated heterocycles. The standard InChI is InChI=1S/C35H30N4O11S2/c40-27-13-15-29(51(45,46)47)31-23(27)9-3-11-25(31)38-33(42)19-5-1-7-21(17-19)36-35(44)37-22-8-2-6-20(18-22)34(43)39-26-12-4-10-24-28(41)14-16-30(32(24)26)52(48,49)50/h1-8,11-18,29-32,40-41H,9-10H2,(H2,36,37,44)(H,45,46,47)(H,48,49,50). The summed E-state index contributed by atoms with van der Waals surface area (Å²) in [6, 6.07) is 10.7. The molecule has 2 aromatic carbocycles. The third kappa shape index (κ3) is 7.62. The van der Waals surface area contributed by atoms with E-state index in [0.717, 1.165) is 12.2 Å². The van der Waals surface area contributed by atoms with Crippen molar-refractivity contribution in [1.82, 2.24) is 0 Å². The summed E-state index contributed by atoms with van der Waals surface area (Å²) in [5, 5.41) is 22.8. The zero-order valence-electron chi connectivity index (χ0n) is 26.8. The molecule has 0 heterocycles. The highest BCUT2D eigenvalue weighted by atomic mass is 32.2. The number of benzene rings is 2. The van der Waals surface area contributed by atoms with Crippen LogP contribution in [0.3, 0.4) is 0 Å². The molecule has 4 unspecified atom stereocenters. The molecular formula is C35H30N4O11S2. The molecule has 268 valence electrons. The third-order valence-electron chi connectivity index (χ3n) is 8.73. The van der Waals surface area contributed by atoms with Gasteiger partial charge in [-0.15, -0.1) is 0 Å². The van der Waals surface area contributed by atoms with Gasteiger partial charge in [-0.2, -0.15) is 16.8 Å². The second-order valence-corrected chi connectivity index (χ2v) is 15.2. The van der Waals surface area contributed by atoms with E-state index < -0.39 is 60.4 Å². The lowest BCUT2D eigenvalue weighted by molar-refractivity contribution is 0.0994. The average Bonchev–Trinajstić information content (AvgIpc) is 3.08. The molecule has 0 bridgehead atoms. The Morgan fingerprint density at radius 2 is 1.04 bits per heavy atom. The number of aliphatic hydroxyl groups is 2. The van der Waals surface area contributed by atoms with Crippen LogP contribution in [-0.2, 0) is 20.2 Å². The normalized spacial score (nSPS) is 24.1. The van der Waals surface area contributed by atoms with Crippen molar-refractivity contribution in [2.45, 2.75) is 23.3 Å². The quantitative estimate of drug-likeness (QED) is 0.216. The number of aliphatic imine (C=N–C) groups is 2. The number of nitrogens with one attached hydrogen (secondary N) is 2. The first kappa shape index (κ1) is 36.1. The second-order valence-electron chi connectivity index (χ2n) is 12.1. The van der Waals surface area contributed by atoms with Crippen LogP contribution in [0.4, 0.5) is 16.2 Å². The summed E-state index contributed by atoms with van der Waals surface area (Å²) in [5.41, 5.74) is 1.04. The average molecular weight is 747 g/mol. The molecule has 4 atom stereocenters. The number of fused-ring (bicyclic) bond motifs is 2. The monoisotopic (exact) mass is 746 g/mol. The smallest absolute Gasteiger partial charge is 0.323 e. The van der Waals surface area contributed by atoms with Gasteiger partial charge in [-0.05, 0) is 84.7 Å². The molecule has 4 aliphatic carbocycles. The van der Waals surface area contributed by atoms with Crippen molar-refractivity contribution in [3.63, 3.8) is 0 Å². The van der Waals surface area contributed by atoms with Gasteiger partial charge in [-0.25, -0.2) is 14.8 Å². The lowest BCUT2D eigenvalue weighted by Gasteiger charge is -2.30. The van der Waals surface area contributed by atoms with Gasteiger partial charge >= 0.3 is 6.03 Å². The van der Waals surface area contributed by atoms with Gasteiger partial charge in [0.15, 0.2) is 0 Å². The topological polar surface area (TPSA) is 249 Å². The number of hydrogen-bond donors (Lipinski definition) is 6. The SMILES string of the molecule is O=C(Nc1cccc(C(=O)N=C2C=CCC3=C(O)C=CC(S(=O)(=O)O)C23)c1)Nc1cccc(C(=O)N=C2C=CCC3=C(O)C=CC(S(=O)(=O)O)C23)c1. The Morgan fingerprint density at radius 1 is 0.635 bits per heavy atom. The van der Waals surface area contributed by atoms with Gasteiger partial charge in [-0.3, -0.25) is 18.7 Å². The van der Waals surface area contributed by atoms with Crippen molar-refractivity contribution < 1.29 is 50.5 Å². The minimum absolute atomic E-state index is 0.0174. The molecule has 6 rings (SSSR count). The second kappa shape index (κ2) is 14.1. The lowest BCUT2D eigenvalue weighted by atomic mass is 9.80. The van der Waals surface area contributed by atoms with Crippen LogP contribution < -0.4 is 10.6 Å². The van der Waals surface area contributed by atoms with E-state index in [1.165, 1.54) is 72.8 Å². The minimum Gasteiger partial charge on any atom is -0.508 e. The molecule has 6 N–H and O–H groups in total. The van der Waals surface area contributed by atoms with Crippen molar-refractivity contribution >= 4 is 60.9 Å². The summed E-state index contributed by atoms with van der Waals surface area (Å²) < 4.78 is 67.9. The fourth-order valence-electron chi connectivity index (χ4n) is 6.37. The van der Waals surface area contributed by atoms with Gasteiger partial charge in [0.2, 0.25) is 0 Å². The van der Waals surface area contributed by atoms with Crippen molar-refractivity contribution in [2.75, 3.05) is 10.6 Å². The van der Waals surface area contributed by atoms with Crippen LogP contribution in [0.25, 0.3) is 0 Å². The zero-order chi connectivity index (χ0) is 37.4. The number of amides is 4. The van der Waals surface area contributed by atoms with E-state index in [0.29, 0.717) is 0 Å². The van der Waals surface area contributed by atoms with E-state index in [1.807, 2.05) is 0 Å². The molecule has 0 spiro atoms. The molecular weight excluding hydrogens is 717 g/mol. The van der Waals surface area contributed by atoms with Crippen molar-refractivity contribution in [1.29, 1.82) is 0 Å². The maximum Gasteiger partial charge on any atom is 0.323 e. The van der Waals surface area contributed by atoms with Gasteiger partial charge in [0, 0.05) is 34.3 Å². The molecule has 0 fully saturated rings. The van der Waals surface area contributed by atoms with Crippen LogP contribution in [-0.4, -0.2) is 75.9 Å². The number of rotatable bonds is 6. The summed E-state index contributed by atoms with van der Waals surface area (Å²) in [6.07, 6.45) is 11.1. The van der Waals surface area contributed by atoms with Crippen LogP contribution in [0, 0.1) is 11.8 Å². The number of allylic oxidation sites excluding steroid dienone is 8. The first-order valence-corrected chi connectivity index (χ1v) is 18.6.